The van der Waals surface area contributed by atoms with Crippen LogP contribution in [0.2, 0.25) is 0 Å². The maximum Gasteiger partial charge on any atom is 0.0653 e. The third-order valence-corrected chi connectivity index (χ3v) is 4.98. The van der Waals surface area contributed by atoms with Gasteiger partial charge in [0.15, 0.2) is 0 Å². The molecule has 1 aromatic carbocycles. The SMILES string of the molecule is Cc1c(C)c(N)c2c(c1C)C(N(C)C)CC(C)N2C. The Morgan fingerprint density at radius 1 is 1.11 bits per heavy atom. The van der Waals surface area contributed by atoms with Crippen molar-refractivity contribution in [2.24, 2.45) is 0 Å². The fourth-order valence-corrected chi connectivity index (χ4v) is 3.26. The summed E-state index contributed by atoms with van der Waals surface area (Å²) in [5.41, 5.74) is 14.0. The molecule has 2 rings (SSSR count). The van der Waals surface area contributed by atoms with Crippen LogP contribution in [0.5, 0.6) is 0 Å². The van der Waals surface area contributed by atoms with E-state index in [1.807, 2.05) is 0 Å². The lowest BCUT2D eigenvalue weighted by molar-refractivity contribution is 0.261. The number of hydrogen-bond acceptors (Lipinski definition) is 3. The first kappa shape index (κ1) is 14.2. The zero-order valence-corrected chi connectivity index (χ0v) is 13.3. The Bertz CT molecular complexity index is 505. The Kier molecular flexibility index (Phi) is 3.52. The number of hydrogen-bond donors (Lipinski definition) is 1. The van der Waals surface area contributed by atoms with Gasteiger partial charge in [-0.05, 0) is 70.5 Å². The molecule has 0 radical (unpaired) electrons. The topological polar surface area (TPSA) is 32.5 Å². The Morgan fingerprint density at radius 3 is 2.21 bits per heavy atom. The van der Waals surface area contributed by atoms with E-state index in [1.165, 1.54) is 27.9 Å². The summed E-state index contributed by atoms with van der Waals surface area (Å²) < 4.78 is 0. The molecule has 0 saturated heterocycles. The van der Waals surface area contributed by atoms with Crippen molar-refractivity contribution in [1.82, 2.24) is 4.90 Å². The van der Waals surface area contributed by atoms with Crippen molar-refractivity contribution in [2.45, 2.75) is 46.2 Å². The number of nitrogens with zero attached hydrogens (tertiary/aromatic N) is 2. The summed E-state index contributed by atoms with van der Waals surface area (Å²) in [5.74, 6) is 0. The summed E-state index contributed by atoms with van der Waals surface area (Å²) in [6, 6.07) is 0.978. The summed E-state index contributed by atoms with van der Waals surface area (Å²) >= 11 is 0. The molecule has 3 nitrogen and oxygen atoms in total. The van der Waals surface area contributed by atoms with E-state index in [4.69, 9.17) is 5.73 Å². The highest BCUT2D eigenvalue weighted by Gasteiger charge is 2.33. The smallest absolute Gasteiger partial charge is 0.0653 e. The van der Waals surface area contributed by atoms with Gasteiger partial charge in [0.25, 0.3) is 0 Å². The van der Waals surface area contributed by atoms with Crippen molar-refractivity contribution in [2.75, 3.05) is 31.8 Å². The monoisotopic (exact) mass is 261 g/mol. The van der Waals surface area contributed by atoms with Crippen LogP contribution in [0.25, 0.3) is 0 Å². The zero-order valence-electron chi connectivity index (χ0n) is 13.3. The molecule has 2 N–H and O–H groups in total. The first-order valence-electron chi connectivity index (χ1n) is 7.05. The van der Waals surface area contributed by atoms with Gasteiger partial charge in [0, 0.05) is 19.1 Å². The lowest BCUT2D eigenvalue weighted by atomic mass is 9.84. The first-order valence-corrected chi connectivity index (χ1v) is 7.05. The Balaban J connectivity index is 2.78. The van der Waals surface area contributed by atoms with Gasteiger partial charge in [-0.15, -0.1) is 0 Å². The van der Waals surface area contributed by atoms with Gasteiger partial charge in [-0.3, -0.25) is 0 Å². The van der Waals surface area contributed by atoms with Crippen LogP contribution in [0.1, 0.15) is 41.6 Å². The van der Waals surface area contributed by atoms with E-state index in [1.54, 1.807) is 0 Å². The molecular weight excluding hydrogens is 234 g/mol. The third kappa shape index (κ3) is 2.00. The van der Waals surface area contributed by atoms with Crippen LogP contribution < -0.4 is 10.6 Å². The lowest BCUT2D eigenvalue weighted by Gasteiger charge is -2.43. The van der Waals surface area contributed by atoms with Crippen LogP contribution >= 0.6 is 0 Å². The van der Waals surface area contributed by atoms with Crippen molar-refractivity contribution in [1.29, 1.82) is 0 Å². The Morgan fingerprint density at radius 2 is 1.68 bits per heavy atom. The number of fused-ring (bicyclic) bond motifs is 1. The van der Waals surface area contributed by atoms with E-state index in [-0.39, 0.29) is 0 Å². The van der Waals surface area contributed by atoms with E-state index < -0.39 is 0 Å². The quantitative estimate of drug-likeness (QED) is 0.789. The fourth-order valence-electron chi connectivity index (χ4n) is 3.26. The van der Waals surface area contributed by atoms with E-state index in [9.17, 15) is 0 Å². The summed E-state index contributed by atoms with van der Waals surface area (Å²) in [5, 5.41) is 0. The van der Waals surface area contributed by atoms with Crippen LogP contribution in [-0.4, -0.2) is 32.1 Å². The molecule has 1 aromatic rings. The molecule has 106 valence electrons. The lowest BCUT2D eigenvalue weighted by Crippen LogP contribution is -2.40. The van der Waals surface area contributed by atoms with Crippen LogP contribution in [-0.2, 0) is 0 Å². The minimum absolute atomic E-state index is 0.461. The number of anilines is 2. The fraction of sp³-hybridized carbons (Fsp3) is 0.625. The average molecular weight is 261 g/mol. The van der Waals surface area contributed by atoms with Gasteiger partial charge < -0.3 is 15.5 Å². The molecule has 0 saturated carbocycles. The maximum atomic E-state index is 6.43. The zero-order chi connectivity index (χ0) is 14.5. The molecule has 1 aliphatic rings. The van der Waals surface area contributed by atoms with Gasteiger partial charge in [-0.2, -0.15) is 0 Å². The molecule has 0 amide bonds. The van der Waals surface area contributed by atoms with Gasteiger partial charge in [0.05, 0.1) is 11.4 Å². The highest BCUT2D eigenvalue weighted by atomic mass is 15.2. The number of benzene rings is 1. The molecule has 2 unspecified atom stereocenters. The van der Waals surface area contributed by atoms with Crippen molar-refractivity contribution in [3.05, 3.63) is 22.3 Å². The predicted molar refractivity (Wildman–Crippen MR) is 84.0 cm³/mol. The van der Waals surface area contributed by atoms with E-state index >= 15 is 0 Å². The van der Waals surface area contributed by atoms with Gasteiger partial charge >= 0.3 is 0 Å². The summed E-state index contributed by atoms with van der Waals surface area (Å²) in [7, 11) is 6.49. The van der Waals surface area contributed by atoms with Crippen LogP contribution in [0.4, 0.5) is 11.4 Å². The molecule has 1 heterocycles. The number of rotatable bonds is 1. The highest BCUT2D eigenvalue weighted by molar-refractivity contribution is 5.79. The van der Waals surface area contributed by atoms with Crippen LogP contribution in [0, 0.1) is 20.8 Å². The van der Waals surface area contributed by atoms with E-state index in [2.05, 4.69) is 58.6 Å². The van der Waals surface area contributed by atoms with Gasteiger partial charge in [0.1, 0.15) is 0 Å². The summed E-state index contributed by atoms with van der Waals surface area (Å²) in [6.45, 7) is 8.84. The second-order valence-electron chi connectivity index (χ2n) is 6.23. The van der Waals surface area contributed by atoms with Crippen molar-refractivity contribution in [3.63, 3.8) is 0 Å². The molecular formula is C16H27N3. The second-order valence-corrected chi connectivity index (χ2v) is 6.23. The number of nitrogen functional groups attached to an aromatic ring is 1. The standard InChI is InChI=1S/C16H27N3/c1-9-8-13(18(5)6)14-11(3)10(2)12(4)15(17)16(14)19(9)7/h9,13H,8,17H2,1-7H3. The van der Waals surface area contributed by atoms with Crippen molar-refractivity contribution < 1.29 is 0 Å². The molecule has 0 bridgehead atoms. The normalized spacial score (nSPS) is 22.8. The van der Waals surface area contributed by atoms with E-state index in [0.717, 1.165) is 12.1 Å². The summed E-state index contributed by atoms with van der Waals surface area (Å²) in [4.78, 5) is 4.67. The van der Waals surface area contributed by atoms with Crippen molar-refractivity contribution >= 4 is 11.4 Å². The molecule has 0 aliphatic carbocycles. The Hall–Kier alpha value is -1.22. The highest BCUT2D eigenvalue weighted by Crippen LogP contribution is 2.46. The minimum Gasteiger partial charge on any atom is -0.397 e. The maximum absolute atomic E-state index is 6.43. The molecule has 2 atom stereocenters. The minimum atomic E-state index is 0.461. The largest absolute Gasteiger partial charge is 0.397 e. The number of nitrogens with two attached hydrogens (primary N) is 1. The molecule has 19 heavy (non-hydrogen) atoms. The van der Waals surface area contributed by atoms with Gasteiger partial charge in [-0.25, -0.2) is 0 Å². The Labute approximate surface area is 117 Å². The second kappa shape index (κ2) is 4.71. The van der Waals surface area contributed by atoms with E-state index in [0.29, 0.717) is 12.1 Å². The van der Waals surface area contributed by atoms with Crippen molar-refractivity contribution in [3.8, 4) is 0 Å². The van der Waals surface area contributed by atoms with Gasteiger partial charge in [-0.1, -0.05) is 0 Å². The molecule has 3 heteroatoms. The molecule has 1 aliphatic heterocycles. The molecule has 0 fully saturated rings. The predicted octanol–water partition coefficient (Wildman–Crippen LogP) is 3.03. The molecule has 0 aromatic heterocycles. The summed E-state index contributed by atoms with van der Waals surface area (Å²) in [6.07, 6.45) is 1.15. The van der Waals surface area contributed by atoms with Gasteiger partial charge in [0.2, 0.25) is 0 Å². The van der Waals surface area contributed by atoms with Crippen LogP contribution in [0.3, 0.4) is 0 Å². The average Bonchev–Trinajstić information content (AvgIpc) is 2.36. The first-order chi connectivity index (χ1) is 8.77. The molecule has 0 spiro atoms. The van der Waals surface area contributed by atoms with Crippen LogP contribution in [0.15, 0.2) is 0 Å². The third-order valence-electron chi connectivity index (χ3n) is 4.98.